The minimum absolute atomic E-state index is 0.178. The number of nitrogens with one attached hydrogen (secondary N) is 2. The number of amides is 1. The number of rotatable bonds is 6. The van der Waals surface area contributed by atoms with Gasteiger partial charge in [-0.1, -0.05) is 0 Å². The first-order valence-corrected chi connectivity index (χ1v) is 4.53. The lowest BCUT2D eigenvalue weighted by atomic mass is 10.3. The van der Waals surface area contributed by atoms with Crippen molar-refractivity contribution < 1.29 is 23.1 Å². The SMILES string of the molecule is CC(O)CCNCC(=O)NCC(F)(F)F. The maximum Gasteiger partial charge on any atom is 0.405 e. The van der Waals surface area contributed by atoms with Gasteiger partial charge < -0.3 is 15.7 Å². The van der Waals surface area contributed by atoms with E-state index in [0.29, 0.717) is 13.0 Å². The van der Waals surface area contributed by atoms with Gasteiger partial charge in [-0.3, -0.25) is 4.79 Å². The molecular weight excluding hydrogens is 213 g/mol. The van der Waals surface area contributed by atoms with E-state index < -0.39 is 24.7 Å². The zero-order valence-corrected chi connectivity index (χ0v) is 8.40. The number of carbonyl (C=O) groups excluding carboxylic acids is 1. The van der Waals surface area contributed by atoms with Crippen molar-refractivity contribution in [1.82, 2.24) is 10.6 Å². The van der Waals surface area contributed by atoms with Crippen LogP contribution in [0.4, 0.5) is 13.2 Å². The average Bonchev–Trinajstić information content (AvgIpc) is 2.07. The molecule has 0 aromatic heterocycles. The van der Waals surface area contributed by atoms with Crippen LogP contribution in [0.3, 0.4) is 0 Å². The zero-order chi connectivity index (χ0) is 11.9. The Labute approximate surface area is 85.8 Å². The summed E-state index contributed by atoms with van der Waals surface area (Å²) in [7, 11) is 0. The van der Waals surface area contributed by atoms with Gasteiger partial charge >= 0.3 is 6.18 Å². The molecule has 7 heteroatoms. The van der Waals surface area contributed by atoms with Crippen molar-refractivity contribution in [3.05, 3.63) is 0 Å². The summed E-state index contributed by atoms with van der Waals surface area (Å²) in [6, 6.07) is 0. The number of halogens is 3. The van der Waals surface area contributed by atoms with Gasteiger partial charge in [0.05, 0.1) is 12.6 Å². The van der Waals surface area contributed by atoms with Crippen LogP contribution in [0.5, 0.6) is 0 Å². The lowest BCUT2D eigenvalue weighted by Gasteiger charge is -2.09. The normalized spacial score (nSPS) is 13.7. The molecule has 0 aromatic carbocycles. The first-order valence-electron chi connectivity index (χ1n) is 4.53. The van der Waals surface area contributed by atoms with Crippen LogP contribution in [-0.4, -0.2) is 42.9 Å². The molecule has 0 aromatic rings. The van der Waals surface area contributed by atoms with Gasteiger partial charge in [0.1, 0.15) is 6.54 Å². The number of hydrogen-bond acceptors (Lipinski definition) is 3. The molecule has 0 spiro atoms. The molecule has 3 N–H and O–H groups in total. The van der Waals surface area contributed by atoms with Crippen LogP contribution < -0.4 is 10.6 Å². The zero-order valence-electron chi connectivity index (χ0n) is 8.40. The Kier molecular flexibility index (Phi) is 6.26. The Balaban J connectivity index is 3.42. The van der Waals surface area contributed by atoms with Crippen molar-refractivity contribution in [2.24, 2.45) is 0 Å². The molecule has 0 fully saturated rings. The molecule has 0 aliphatic carbocycles. The van der Waals surface area contributed by atoms with Crippen LogP contribution in [0.1, 0.15) is 13.3 Å². The van der Waals surface area contributed by atoms with Crippen LogP contribution in [0, 0.1) is 0 Å². The summed E-state index contributed by atoms with van der Waals surface area (Å²) in [4.78, 5) is 10.8. The van der Waals surface area contributed by atoms with Crippen molar-refractivity contribution in [2.45, 2.75) is 25.6 Å². The monoisotopic (exact) mass is 228 g/mol. The molecule has 1 amide bonds. The Hall–Kier alpha value is -0.820. The molecule has 15 heavy (non-hydrogen) atoms. The predicted molar refractivity (Wildman–Crippen MR) is 48.2 cm³/mol. The molecule has 0 saturated carbocycles. The van der Waals surface area contributed by atoms with E-state index in [1.165, 1.54) is 0 Å². The molecule has 1 unspecified atom stereocenters. The molecule has 0 radical (unpaired) electrons. The average molecular weight is 228 g/mol. The fourth-order valence-electron chi connectivity index (χ4n) is 0.774. The molecule has 1 atom stereocenters. The van der Waals surface area contributed by atoms with Gasteiger partial charge in [0.15, 0.2) is 0 Å². The highest BCUT2D eigenvalue weighted by atomic mass is 19.4. The van der Waals surface area contributed by atoms with E-state index in [-0.39, 0.29) is 6.54 Å². The van der Waals surface area contributed by atoms with E-state index in [1.807, 2.05) is 0 Å². The highest BCUT2D eigenvalue weighted by Gasteiger charge is 2.27. The van der Waals surface area contributed by atoms with E-state index >= 15 is 0 Å². The quantitative estimate of drug-likeness (QED) is 0.562. The first-order chi connectivity index (χ1) is 6.81. The Morgan fingerprint density at radius 2 is 2.07 bits per heavy atom. The Morgan fingerprint density at radius 3 is 2.53 bits per heavy atom. The third kappa shape index (κ3) is 11.1. The largest absolute Gasteiger partial charge is 0.405 e. The summed E-state index contributed by atoms with van der Waals surface area (Å²) in [5.74, 6) is -0.710. The second-order valence-electron chi connectivity index (χ2n) is 3.21. The Morgan fingerprint density at radius 1 is 1.47 bits per heavy atom. The van der Waals surface area contributed by atoms with Crippen molar-refractivity contribution in [3.63, 3.8) is 0 Å². The molecule has 90 valence electrons. The molecule has 4 nitrogen and oxygen atoms in total. The number of carbonyl (C=O) groups is 1. The lowest BCUT2D eigenvalue weighted by Crippen LogP contribution is -2.39. The topological polar surface area (TPSA) is 61.4 Å². The van der Waals surface area contributed by atoms with Crippen molar-refractivity contribution in [1.29, 1.82) is 0 Å². The second kappa shape index (κ2) is 6.62. The molecular formula is C8H15F3N2O2. The van der Waals surface area contributed by atoms with Gasteiger partial charge in [-0.2, -0.15) is 13.2 Å². The summed E-state index contributed by atoms with van der Waals surface area (Å²) in [6.45, 7) is 0.481. The van der Waals surface area contributed by atoms with Gasteiger partial charge in [-0.25, -0.2) is 0 Å². The number of hydrogen-bond donors (Lipinski definition) is 3. The van der Waals surface area contributed by atoms with E-state index in [1.54, 1.807) is 12.2 Å². The maximum atomic E-state index is 11.6. The fourth-order valence-corrected chi connectivity index (χ4v) is 0.774. The van der Waals surface area contributed by atoms with Gasteiger partial charge in [-0.15, -0.1) is 0 Å². The van der Waals surface area contributed by atoms with E-state index in [9.17, 15) is 18.0 Å². The summed E-state index contributed by atoms with van der Waals surface area (Å²) >= 11 is 0. The fraction of sp³-hybridized carbons (Fsp3) is 0.875. The van der Waals surface area contributed by atoms with Crippen molar-refractivity contribution in [2.75, 3.05) is 19.6 Å². The van der Waals surface area contributed by atoms with Crippen LogP contribution in [-0.2, 0) is 4.79 Å². The van der Waals surface area contributed by atoms with Crippen LogP contribution in [0.25, 0.3) is 0 Å². The smallest absolute Gasteiger partial charge is 0.393 e. The summed E-state index contributed by atoms with van der Waals surface area (Å²) in [5.41, 5.74) is 0. The van der Waals surface area contributed by atoms with Crippen LogP contribution in [0.15, 0.2) is 0 Å². The molecule has 0 aliphatic rings. The number of alkyl halides is 3. The highest BCUT2D eigenvalue weighted by Crippen LogP contribution is 2.11. The van der Waals surface area contributed by atoms with Gasteiger partial charge in [0, 0.05) is 0 Å². The molecule has 0 saturated heterocycles. The van der Waals surface area contributed by atoms with E-state index in [0.717, 1.165) is 0 Å². The third-order valence-electron chi connectivity index (χ3n) is 1.51. The van der Waals surface area contributed by atoms with Crippen molar-refractivity contribution in [3.8, 4) is 0 Å². The number of aliphatic hydroxyl groups is 1. The van der Waals surface area contributed by atoms with Crippen LogP contribution >= 0.6 is 0 Å². The molecule has 0 rings (SSSR count). The second-order valence-corrected chi connectivity index (χ2v) is 3.21. The minimum Gasteiger partial charge on any atom is -0.393 e. The summed E-state index contributed by atoms with van der Waals surface area (Å²) < 4.78 is 34.9. The van der Waals surface area contributed by atoms with Crippen molar-refractivity contribution >= 4 is 5.91 Å². The number of aliphatic hydroxyl groups excluding tert-OH is 1. The Bertz CT molecular complexity index is 195. The van der Waals surface area contributed by atoms with Gasteiger partial charge in [0.25, 0.3) is 0 Å². The maximum absolute atomic E-state index is 11.6. The minimum atomic E-state index is -4.38. The van der Waals surface area contributed by atoms with Gasteiger partial charge in [-0.05, 0) is 19.9 Å². The first kappa shape index (κ1) is 14.2. The summed E-state index contributed by atoms with van der Waals surface area (Å²) in [5, 5.41) is 13.2. The molecule has 0 aliphatic heterocycles. The van der Waals surface area contributed by atoms with E-state index in [2.05, 4.69) is 5.32 Å². The molecule has 0 bridgehead atoms. The molecule has 0 heterocycles. The third-order valence-corrected chi connectivity index (χ3v) is 1.51. The van der Waals surface area contributed by atoms with Crippen LogP contribution in [0.2, 0.25) is 0 Å². The lowest BCUT2D eigenvalue weighted by molar-refractivity contribution is -0.137. The summed E-state index contributed by atoms with van der Waals surface area (Å²) in [6.07, 6.45) is -4.42. The predicted octanol–water partition coefficient (Wildman–Crippen LogP) is 0.0254. The standard InChI is InChI=1S/C8H15F3N2O2/c1-6(14)2-3-12-4-7(15)13-5-8(9,10)11/h6,12,14H,2-5H2,1H3,(H,13,15). The highest BCUT2D eigenvalue weighted by molar-refractivity contribution is 5.77. The van der Waals surface area contributed by atoms with Gasteiger partial charge in [0.2, 0.25) is 5.91 Å². The van der Waals surface area contributed by atoms with E-state index in [4.69, 9.17) is 5.11 Å².